The van der Waals surface area contributed by atoms with Crippen molar-refractivity contribution in [1.82, 2.24) is 20.4 Å². The van der Waals surface area contributed by atoms with Crippen LogP contribution in [0.15, 0.2) is 17.4 Å². The lowest BCUT2D eigenvalue weighted by Crippen LogP contribution is -2.38. The first-order chi connectivity index (χ1) is 10.8. The Morgan fingerprint density at radius 1 is 1.52 bits per heavy atom. The topological polar surface area (TPSA) is 72.7 Å². The van der Waals surface area contributed by atoms with Gasteiger partial charge >= 0.3 is 0 Å². The summed E-state index contributed by atoms with van der Waals surface area (Å²) in [4.78, 5) is 4.55. The SMILES string of the molecule is CCNC(=NCc1cnn(C)c1)NCCCOC1CCOC1.I. The molecule has 0 saturated carbocycles. The summed E-state index contributed by atoms with van der Waals surface area (Å²) in [5, 5.41) is 10.7. The molecule has 23 heavy (non-hydrogen) atoms. The van der Waals surface area contributed by atoms with Crippen molar-refractivity contribution in [2.24, 2.45) is 12.0 Å². The molecule has 1 aromatic rings. The van der Waals surface area contributed by atoms with Crippen LogP contribution in [0.25, 0.3) is 0 Å². The second-order valence-electron chi connectivity index (χ2n) is 5.35. The molecule has 0 amide bonds. The van der Waals surface area contributed by atoms with Gasteiger partial charge in [0.2, 0.25) is 0 Å². The van der Waals surface area contributed by atoms with Crippen molar-refractivity contribution in [3.05, 3.63) is 18.0 Å². The number of rotatable bonds is 8. The molecule has 1 atom stereocenters. The van der Waals surface area contributed by atoms with Crippen LogP contribution in [-0.4, -0.2) is 54.8 Å². The molecule has 0 aromatic carbocycles. The van der Waals surface area contributed by atoms with Gasteiger partial charge < -0.3 is 20.1 Å². The molecule has 1 aliphatic heterocycles. The summed E-state index contributed by atoms with van der Waals surface area (Å²) in [5.41, 5.74) is 1.10. The molecule has 0 spiro atoms. The molecule has 1 aliphatic rings. The van der Waals surface area contributed by atoms with Gasteiger partial charge in [0, 0.05) is 45.1 Å². The molecule has 2 N–H and O–H groups in total. The normalized spacial score (nSPS) is 17.8. The van der Waals surface area contributed by atoms with E-state index in [0.29, 0.717) is 6.54 Å². The Hall–Kier alpha value is -0.870. The lowest BCUT2D eigenvalue weighted by Gasteiger charge is -2.12. The quantitative estimate of drug-likeness (QED) is 0.278. The Morgan fingerprint density at radius 3 is 3.04 bits per heavy atom. The molecule has 2 rings (SSSR count). The molecule has 8 heteroatoms. The van der Waals surface area contributed by atoms with Gasteiger partial charge in [0.25, 0.3) is 0 Å². The van der Waals surface area contributed by atoms with E-state index in [-0.39, 0.29) is 30.1 Å². The fourth-order valence-electron chi connectivity index (χ4n) is 2.24. The predicted molar refractivity (Wildman–Crippen MR) is 101 cm³/mol. The summed E-state index contributed by atoms with van der Waals surface area (Å²) in [6.07, 6.45) is 6.07. The number of hydrogen-bond donors (Lipinski definition) is 2. The zero-order valence-electron chi connectivity index (χ0n) is 14.0. The standard InChI is InChI=1S/C15H27N5O2.HI/c1-3-16-15(18-9-13-10-19-20(2)11-13)17-6-4-7-22-14-5-8-21-12-14;/h10-11,14H,3-9,12H2,1-2H3,(H2,16,17,18);1H. The first-order valence-electron chi connectivity index (χ1n) is 7.97. The van der Waals surface area contributed by atoms with Crippen LogP contribution in [-0.2, 0) is 23.1 Å². The molecule has 1 unspecified atom stereocenters. The number of guanidine groups is 1. The van der Waals surface area contributed by atoms with Gasteiger partial charge in [-0.15, -0.1) is 24.0 Å². The van der Waals surface area contributed by atoms with Gasteiger partial charge in [-0.3, -0.25) is 4.68 Å². The minimum Gasteiger partial charge on any atom is -0.379 e. The molecule has 1 fully saturated rings. The van der Waals surface area contributed by atoms with Gasteiger partial charge in [0.15, 0.2) is 5.96 Å². The molecule has 2 heterocycles. The number of hydrogen-bond acceptors (Lipinski definition) is 4. The van der Waals surface area contributed by atoms with E-state index in [0.717, 1.165) is 57.3 Å². The Morgan fingerprint density at radius 2 is 2.39 bits per heavy atom. The third-order valence-corrected chi connectivity index (χ3v) is 3.38. The summed E-state index contributed by atoms with van der Waals surface area (Å²) < 4.78 is 12.8. The van der Waals surface area contributed by atoms with Crippen LogP contribution in [0, 0.1) is 0 Å². The van der Waals surface area contributed by atoms with E-state index < -0.39 is 0 Å². The molecule has 0 aliphatic carbocycles. The molecular formula is C15H28IN5O2. The summed E-state index contributed by atoms with van der Waals surface area (Å²) in [6, 6.07) is 0. The Labute approximate surface area is 155 Å². The molecule has 1 saturated heterocycles. The van der Waals surface area contributed by atoms with Gasteiger partial charge in [-0.2, -0.15) is 5.10 Å². The predicted octanol–water partition coefficient (Wildman–Crippen LogP) is 1.29. The van der Waals surface area contributed by atoms with E-state index in [1.165, 1.54) is 0 Å². The van der Waals surface area contributed by atoms with Crippen LogP contribution >= 0.6 is 24.0 Å². The summed E-state index contributed by atoms with van der Waals surface area (Å²) in [6.45, 7) is 6.69. The summed E-state index contributed by atoms with van der Waals surface area (Å²) in [5.74, 6) is 0.829. The van der Waals surface area contributed by atoms with Gasteiger partial charge in [-0.1, -0.05) is 0 Å². The number of nitrogens with zero attached hydrogens (tertiary/aromatic N) is 3. The minimum absolute atomic E-state index is 0. The number of aromatic nitrogens is 2. The van der Waals surface area contributed by atoms with Crippen LogP contribution in [0.5, 0.6) is 0 Å². The van der Waals surface area contributed by atoms with E-state index in [1.807, 2.05) is 19.4 Å². The number of aryl methyl sites for hydroxylation is 1. The Bertz CT molecular complexity index is 460. The highest BCUT2D eigenvalue weighted by Gasteiger charge is 2.15. The smallest absolute Gasteiger partial charge is 0.191 e. The highest BCUT2D eigenvalue weighted by Crippen LogP contribution is 2.07. The minimum atomic E-state index is 0. The molecule has 132 valence electrons. The molecular weight excluding hydrogens is 409 g/mol. The second kappa shape index (κ2) is 11.6. The first-order valence-corrected chi connectivity index (χ1v) is 7.97. The number of aliphatic imine (C=N–C) groups is 1. The van der Waals surface area contributed by atoms with Crippen molar-refractivity contribution in [2.45, 2.75) is 32.4 Å². The fraction of sp³-hybridized carbons (Fsp3) is 0.733. The van der Waals surface area contributed by atoms with Crippen LogP contribution in [0.3, 0.4) is 0 Å². The van der Waals surface area contributed by atoms with Crippen molar-refractivity contribution < 1.29 is 9.47 Å². The van der Waals surface area contributed by atoms with Gasteiger partial charge in [-0.25, -0.2) is 4.99 Å². The number of nitrogens with one attached hydrogen (secondary N) is 2. The molecule has 0 radical (unpaired) electrons. The van der Waals surface area contributed by atoms with Crippen LogP contribution < -0.4 is 10.6 Å². The largest absolute Gasteiger partial charge is 0.379 e. The van der Waals surface area contributed by atoms with Crippen molar-refractivity contribution in [2.75, 3.05) is 32.9 Å². The van der Waals surface area contributed by atoms with Gasteiger partial charge in [0.05, 0.1) is 25.5 Å². The maximum absolute atomic E-state index is 5.74. The van der Waals surface area contributed by atoms with Crippen LogP contribution in [0.4, 0.5) is 0 Å². The highest BCUT2D eigenvalue weighted by molar-refractivity contribution is 14.0. The van der Waals surface area contributed by atoms with E-state index in [4.69, 9.17) is 9.47 Å². The maximum atomic E-state index is 5.74. The Balaban J connectivity index is 0.00000264. The van der Waals surface area contributed by atoms with Crippen molar-refractivity contribution in [3.8, 4) is 0 Å². The molecule has 7 nitrogen and oxygen atoms in total. The van der Waals surface area contributed by atoms with E-state index in [9.17, 15) is 0 Å². The van der Waals surface area contributed by atoms with Crippen LogP contribution in [0.2, 0.25) is 0 Å². The number of ether oxygens (including phenoxy) is 2. The lowest BCUT2D eigenvalue weighted by atomic mass is 10.3. The van der Waals surface area contributed by atoms with Crippen LogP contribution in [0.1, 0.15) is 25.3 Å². The third-order valence-electron chi connectivity index (χ3n) is 3.38. The monoisotopic (exact) mass is 437 g/mol. The van der Waals surface area contributed by atoms with Gasteiger partial charge in [-0.05, 0) is 19.8 Å². The second-order valence-corrected chi connectivity index (χ2v) is 5.35. The highest BCUT2D eigenvalue weighted by atomic mass is 127. The lowest BCUT2D eigenvalue weighted by molar-refractivity contribution is 0.0420. The van der Waals surface area contributed by atoms with Crippen molar-refractivity contribution in [3.63, 3.8) is 0 Å². The summed E-state index contributed by atoms with van der Waals surface area (Å²) in [7, 11) is 1.91. The fourth-order valence-corrected chi connectivity index (χ4v) is 2.24. The third kappa shape index (κ3) is 7.98. The van der Waals surface area contributed by atoms with E-state index in [1.54, 1.807) is 4.68 Å². The first kappa shape index (κ1) is 20.2. The molecule has 1 aromatic heterocycles. The zero-order valence-corrected chi connectivity index (χ0v) is 16.3. The Kier molecular flexibility index (Phi) is 10.2. The van der Waals surface area contributed by atoms with E-state index >= 15 is 0 Å². The zero-order chi connectivity index (χ0) is 15.6. The maximum Gasteiger partial charge on any atom is 0.191 e. The van der Waals surface area contributed by atoms with Crippen molar-refractivity contribution in [1.29, 1.82) is 0 Å². The van der Waals surface area contributed by atoms with Gasteiger partial charge in [0.1, 0.15) is 0 Å². The van der Waals surface area contributed by atoms with Crippen molar-refractivity contribution >= 4 is 29.9 Å². The average molecular weight is 437 g/mol. The summed E-state index contributed by atoms with van der Waals surface area (Å²) >= 11 is 0. The number of halogens is 1. The molecule has 0 bridgehead atoms. The van der Waals surface area contributed by atoms with E-state index in [2.05, 4.69) is 27.6 Å². The average Bonchev–Trinajstić information content (AvgIpc) is 3.16.